The van der Waals surface area contributed by atoms with Crippen LogP contribution in [0.5, 0.6) is 5.75 Å². The van der Waals surface area contributed by atoms with E-state index < -0.39 is 67.7 Å². The fraction of sp³-hybridized carbons (Fsp3) is 0.235. The lowest BCUT2D eigenvalue weighted by molar-refractivity contribution is -0.140. The molecule has 0 heterocycles. The molecule has 2 aromatic rings. The van der Waals surface area contributed by atoms with Gasteiger partial charge in [-0.2, -0.15) is 26.3 Å². The lowest BCUT2D eigenvalue weighted by Crippen LogP contribution is -2.13. The van der Waals surface area contributed by atoms with Gasteiger partial charge >= 0.3 is 18.3 Å². The van der Waals surface area contributed by atoms with Gasteiger partial charge < -0.3 is 9.84 Å². The maximum absolute atomic E-state index is 13.5. The summed E-state index contributed by atoms with van der Waals surface area (Å²) in [7, 11) is -4.04. The van der Waals surface area contributed by atoms with Crippen LogP contribution in [0, 0.1) is 0 Å². The van der Waals surface area contributed by atoms with E-state index in [1.807, 2.05) is 0 Å². The number of ether oxygens (including phenoxy) is 1. The third kappa shape index (κ3) is 5.40. The van der Waals surface area contributed by atoms with Crippen molar-refractivity contribution in [1.29, 1.82) is 0 Å². The highest BCUT2D eigenvalue weighted by Gasteiger charge is 2.37. The molecule has 0 saturated carbocycles. The minimum absolute atomic E-state index is 0.298. The van der Waals surface area contributed by atoms with Gasteiger partial charge in [-0.1, -0.05) is 6.07 Å². The molecular weight excluding hydrogens is 430 g/mol. The number of aliphatic carboxylic acids is 1. The predicted molar refractivity (Wildman–Crippen MR) is 88.1 cm³/mol. The number of rotatable bonds is 5. The summed E-state index contributed by atoms with van der Waals surface area (Å²) in [6.07, 6.45) is -9.34. The Balaban J connectivity index is 2.81. The molecule has 0 aliphatic rings. The number of hydrogen-bond acceptors (Lipinski definition) is 4. The Kier molecular flexibility index (Phi) is 5.89. The number of halogens is 6. The van der Waals surface area contributed by atoms with E-state index in [9.17, 15) is 39.6 Å². The van der Waals surface area contributed by atoms with Gasteiger partial charge in [0, 0.05) is 11.8 Å². The van der Waals surface area contributed by atoms with Gasteiger partial charge in [-0.25, -0.2) is 13.2 Å². The molecule has 0 aliphatic carbocycles. The second kappa shape index (κ2) is 7.58. The number of benzene rings is 2. The number of carboxylic acids is 1. The zero-order valence-corrected chi connectivity index (χ0v) is 15.2. The van der Waals surface area contributed by atoms with Crippen LogP contribution in [0.15, 0.2) is 41.3 Å². The van der Waals surface area contributed by atoms with E-state index >= 15 is 0 Å². The molecule has 0 fully saturated rings. The third-order valence-electron chi connectivity index (χ3n) is 3.67. The number of carbonyl (C=O) groups is 1. The molecule has 2 rings (SSSR count). The van der Waals surface area contributed by atoms with Crippen LogP contribution in [0.4, 0.5) is 26.3 Å². The van der Waals surface area contributed by atoms with Crippen molar-refractivity contribution in [3.63, 3.8) is 0 Å². The van der Waals surface area contributed by atoms with Crippen LogP contribution >= 0.6 is 0 Å². The molecule has 2 aromatic carbocycles. The number of hydrogen-bond donors (Lipinski definition) is 1. The normalized spacial score (nSPS) is 12.7. The minimum atomic E-state index is -5.12. The van der Waals surface area contributed by atoms with Crippen LogP contribution < -0.4 is 4.74 Å². The predicted octanol–water partition coefficient (Wildman–Crippen LogP) is 4.26. The van der Waals surface area contributed by atoms with E-state index in [1.54, 1.807) is 0 Å². The number of carboxylic acid groups (broad SMARTS) is 1. The first kappa shape index (κ1) is 22.5. The summed E-state index contributed by atoms with van der Waals surface area (Å²) in [6.45, 7) is -1.01. The Morgan fingerprint density at radius 1 is 0.966 bits per heavy atom. The summed E-state index contributed by atoms with van der Waals surface area (Å²) in [5.41, 5.74) is -4.29. The second-order valence-electron chi connectivity index (χ2n) is 5.87. The monoisotopic (exact) mass is 442 g/mol. The van der Waals surface area contributed by atoms with Crippen molar-refractivity contribution in [2.75, 3.05) is 12.9 Å². The molecule has 0 bridgehead atoms. The average Bonchev–Trinajstić information content (AvgIpc) is 2.56. The number of sulfone groups is 1. The van der Waals surface area contributed by atoms with Crippen LogP contribution in [0.2, 0.25) is 0 Å². The van der Waals surface area contributed by atoms with Gasteiger partial charge in [0.25, 0.3) is 0 Å². The molecule has 5 nitrogen and oxygen atoms in total. The van der Waals surface area contributed by atoms with Gasteiger partial charge in [0.05, 0.1) is 16.0 Å². The quantitative estimate of drug-likeness (QED) is 0.700. The van der Waals surface area contributed by atoms with Crippen molar-refractivity contribution < 1.29 is 49.4 Å². The van der Waals surface area contributed by atoms with Gasteiger partial charge in [-0.05, 0) is 35.9 Å². The lowest BCUT2D eigenvalue weighted by atomic mass is 9.96. The van der Waals surface area contributed by atoms with E-state index in [4.69, 9.17) is 9.84 Å². The summed E-state index contributed by atoms with van der Waals surface area (Å²) < 4.78 is 108. The first-order valence-electron chi connectivity index (χ1n) is 7.58. The van der Waals surface area contributed by atoms with Crippen LogP contribution in [0.3, 0.4) is 0 Å². The molecule has 29 heavy (non-hydrogen) atoms. The Morgan fingerprint density at radius 2 is 1.59 bits per heavy atom. The van der Waals surface area contributed by atoms with Gasteiger partial charge in [-0.15, -0.1) is 0 Å². The zero-order chi connectivity index (χ0) is 22.2. The summed E-state index contributed by atoms with van der Waals surface area (Å²) >= 11 is 0. The standard InChI is InChI=1S/C17H12F6O5S/c1-29(26,27)10-3-4-11(13(7-10)17(21,22)23)12-6-9(16(18,19)20)2-5-14(12)28-8-15(24)25/h2-7H,8H2,1H3,(H,24,25). The first-order chi connectivity index (χ1) is 13.1. The van der Waals surface area contributed by atoms with E-state index in [1.165, 1.54) is 0 Å². The summed E-state index contributed by atoms with van der Waals surface area (Å²) in [6, 6.07) is 3.40. The van der Waals surface area contributed by atoms with E-state index in [2.05, 4.69) is 0 Å². The van der Waals surface area contributed by atoms with Crippen molar-refractivity contribution in [2.24, 2.45) is 0 Å². The SMILES string of the molecule is CS(=O)(=O)c1ccc(-c2cc(C(F)(F)F)ccc2OCC(=O)O)c(C(F)(F)F)c1. The Hall–Kier alpha value is -2.76. The Morgan fingerprint density at radius 3 is 2.07 bits per heavy atom. The van der Waals surface area contributed by atoms with E-state index in [-0.39, 0.29) is 0 Å². The van der Waals surface area contributed by atoms with E-state index in [0.717, 1.165) is 6.07 Å². The lowest BCUT2D eigenvalue weighted by Gasteiger charge is -2.18. The second-order valence-corrected chi connectivity index (χ2v) is 7.88. The van der Waals surface area contributed by atoms with E-state index in [0.29, 0.717) is 36.6 Å². The molecular formula is C17H12F6O5S. The molecule has 158 valence electrons. The molecule has 12 heteroatoms. The average molecular weight is 442 g/mol. The van der Waals surface area contributed by atoms with Gasteiger partial charge in [0.15, 0.2) is 16.4 Å². The first-order valence-corrected chi connectivity index (χ1v) is 9.47. The highest BCUT2D eigenvalue weighted by atomic mass is 32.2. The van der Waals surface area contributed by atoms with Crippen molar-refractivity contribution in [3.8, 4) is 16.9 Å². The summed E-state index contributed by atoms with van der Waals surface area (Å²) in [5, 5.41) is 8.68. The van der Waals surface area contributed by atoms with Crippen molar-refractivity contribution in [1.82, 2.24) is 0 Å². The maximum atomic E-state index is 13.5. The molecule has 0 atom stereocenters. The highest BCUT2D eigenvalue weighted by molar-refractivity contribution is 7.90. The fourth-order valence-corrected chi connectivity index (χ4v) is 3.05. The third-order valence-corrected chi connectivity index (χ3v) is 4.78. The van der Waals surface area contributed by atoms with Crippen LogP contribution in [0.25, 0.3) is 11.1 Å². The molecule has 0 aromatic heterocycles. The maximum Gasteiger partial charge on any atom is 0.417 e. The largest absolute Gasteiger partial charge is 0.481 e. The fourth-order valence-electron chi connectivity index (χ4n) is 2.41. The van der Waals surface area contributed by atoms with Gasteiger partial charge in [-0.3, -0.25) is 0 Å². The molecule has 0 radical (unpaired) electrons. The topological polar surface area (TPSA) is 80.7 Å². The molecule has 0 unspecified atom stereocenters. The summed E-state index contributed by atoms with van der Waals surface area (Å²) in [4.78, 5) is 9.99. The number of alkyl halides is 6. The van der Waals surface area contributed by atoms with Gasteiger partial charge in [0.2, 0.25) is 0 Å². The summed E-state index contributed by atoms with van der Waals surface area (Å²) in [5.74, 6) is -2.04. The molecule has 0 amide bonds. The Bertz CT molecular complexity index is 1040. The van der Waals surface area contributed by atoms with Gasteiger partial charge in [0.1, 0.15) is 5.75 Å². The van der Waals surface area contributed by atoms with Crippen molar-refractivity contribution in [3.05, 3.63) is 47.5 Å². The van der Waals surface area contributed by atoms with Crippen LogP contribution in [-0.2, 0) is 27.0 Å². The van der Waals surface area contributed by atoms with Crippen molar-refractivity contribution in [2.45, 2.75) is 17.2 Å². The zero-order valence-electron chi connectivity index (χ0n) is 14.4. The Labute approximate surface area is 160 Å². The van der Waals surface area contributed by atoms with Crippen LogP contribution in [0.1, 0.15) is 11.1 Å². The molecule has 1 N–H and O–H groups in total. The van der Waals surface area contributed by atoms with Crippen LogP contribution in [-0.4, -0.2) is 32.4 Å². The van der Waals surface area contributed by atoms with Crippen molar-refractivity contribution >= 4 is 15.8 Å². The highest BCUT2D eigenvalue weighted by Crippen LogP contribution is 2.43. The molecule has 0 spiro atoms. The smallest absolute Gasteiger partial charge is 0.417 e. The molecule has 0 saturated heterocycles. The molecule has 0 aliphatic heterocycles. The minimum Gasteiger partial charge on any atom is -0.481 e.